The molecule has 0 spiro atoms. The van der Waals surface area contributed by atoms with Crippen molar-refractivity contribution in [1.29, 1.82) is 0 Å². The van der Waals surface area contributed by atoms with Crippen LogP contribution in [0.3, 0.4) is 0 Å². The summed E-state index contributed by atoms with van der Waals surface area (Å²) < 4.78 is 23.1. The molecule has 0 radical (unpaired) electrons. The summed E-state index contributed by atoms with van der Waals surface area (Å²) >= 11 is 0. The van der Waals surface area contributed by atoms with E-state index in [-0.39, 0.29) is 16.6 Å². The molecule has 1 fully saturated rings. The summed E-state index contributed by atoms with van der Waals surface area (Å²) in [5.74, 6) is 0.374. The number of anilines is 1. The molecule has 5 nitrogen and oxygen atoms in total. The van der Waals surface area contributed by atoms with Crippen molar-refractivity contribution in [1.82, 2.24) is 10.2 Å². The number of sulfone groups is 1. The topological polar surface area (TPSA) is 88.8 Å². The lowest BCUT2D eigenvalue weighted by Crippen LogP contribution is -2.05. The molecular formula is C9H15N3O2S. The lowest BCUT2D eigenvalue weighted by Gasteiger charge is -2.08. The minimum absolute atomic E-state index is 0.0967. The summed E-state index contributed by atoms with van der Waals surface area (Å²) in [5.41, 5.74) is 6.27. The third-order valence-corrected chi connectivity index (χ3v) is 4.08. The monoisotopic (exact) mass is 229 g/mol. The van der Waals surface area contributed by atoms with E-state index in [2.05, 4.69) is 10.2 Å². The Morgan fingerprint density at radius 3 is 2.53 bits per heavy atom. The SMILES string of the molecule is CS(=O)(=O)c1c(N)n[nH]c1C1CCCC1. The smallest absolute Gasteiger partial charge is 0.181 e. The van der Waals surface area contributed by atoms with E-state index < -0.39 is 9.84 Å². The summed E-state index contributed by atoms with van der Waals surface area (Å²) in [6.07, 6.45) is 5.50. The third-order valence-electron chi connectivity index (χ3n) is 2.91. The lowest BCUT2D eigenvalue weighted by molar-refractivity contribution is 0.597. The molecule has 1 aromatic rings. The standard InChI is InChI=1S/C9H15N3O2S/c1-15(13,14)8-7(11-12-9(8)10)6-4-2-3-5-6/h6H,2-5H2,1H3,(H3,10,11,12). The molecule has 0 saturated heterocycles. The first kappa shape index (κ1) is 10.5. The normalized spacial score (nSPS) is 18.5. The number of aromatic amines is 1. The minimum atomic E-state index is -3.28. The molecule has 6 heteroatoms. The Hall–Kier alpha value is -1.04. The fraction of sp³-hybridized carbons (Fsp3) is 0.667. The maximum absolute atomic E-state index is 11.6. The molecular weight excluding hydrogens is 214 g/mol. The van der Waals surface area contributed by atoms with E-state index in [9.17, 15) is 8.42 Å². The van der Waals surface area contributed by atoms with Crippen LogP contribution in [0.5, 0.6) is 0 Å². The van der Waals surface area contributed by atoms with Gasteiger partial charge in [-0.15, -0.1) is 0 Å². The maximum atomic E-state index is 11.6. The van der Waals surface area contributed by atoms with E-state index in [1.54, 1.807) is 0 Å². The second kappa shape index (κ2) is 3.52. The van der Waals surface area contributed by atoms with Crippen LogP contribution >= 0.6 is 0 Å². The molecule has 3 N–H and O–H groups in total. The van der Waals surface area contributed by atoms with Gasteiger partial charge in [-0.25, -0.2) is 8.42 Å². The second-order valence-electron chi connectivity index (χ2n) is 4.11. The van der Waals surface area contributed by atoms with Gasteiger partial charge in [-0.3, -0.25) is 5.10 Å². The van der Waals surface area contributed by atoms with Gasteiger partial charge in [0.05, 0.1) is 5.69 Å². The first-order valence-electron chi connectivity index (χ1n) is 5.04. The zero-order valence-corrected chi connectivity index (χ0v) is 9.47. The number of rotatable bonds is 2. The Bertz CT molecular complexity index is 458. The molecule has 0 atom stereocenters. The van der Waals surface area contributed by atoms with Crippen LogP contribution in [0, 0.1) is 0 Å². The number of hydrogen-bond acceptors (Lipinski definition) is 4. The van der Waals surface area contributed by atoms with Crippen LogP contribution in [-0.4, -0.2) is 24.9 Å². The van der Waals surface area contributed by atoms with Gasteiger partial charge in [-0.1, -0.05) is 12.8 Å². The van der Waals surface area contributed by atoms with E-state index in [0.717, 1.165) is 25.7 Å². The van der Waals surface area contributed by atoms with Crippen LogP contribution in [0.4, 0.5) is 5.82 Å². The van der Waals surface area contributed by atoms with E-state index in [1.165, 1.54) is 6.26 Å². The molecule has 1 heterocycles. The zero-order valence-electron chi connectivity index (χ0n) is 8.66. The molecule has 0 amide bonds. The Balaban J connectivity index is 2.48. The van der Waals surface area contributed by atoms with Crippen molar-refractivity contribution in [3.63, 3.8) is 0 Å². The molecule has 84 valence electrons. The van der Waals surface area contributed by atoms with Gasteiger partial charge in [0.25, 0.3) is 0 Å². The molecule has 1 aliphatic rings. The highest BCUT2D eigenvalue weighted by molar-refractivity contribution is 7.91. The number of nitrogens with zero attached hydrogens (tertiary/aromatic N) is 1. The predicted molar refractivity (Wildman–Crippen MR) is 57.3 cm³/mol. The van der Waals surface area contributed by atoms with Gasteiger partial charge in [0.2, 0.25) is 0 Å². The van der Waals surface area contributed by atoms with Crippen molar-refractivity contribution in [2.24, 2.45) is 0 Å². The first-order valence-corrected chi connectivity index (χ1v) is 6.93. The second-order valence-corrected chi connectivity index (χ2v) is 6.06. The van der Waals surface area contributed by atoms with Crippen molar-refractivity contribution in [2.75, 3.05) is 12.0 Å². The third kappa shape index (κ3) is 1.86. The van der Waals surface area contributed by atoms with Crippen LogP contribution in [0.1, 0.15) is 37.3 Å². The summed E-state index contributed by atoms with van der Waals surface area (Å²) in [6.45, 7) is 0. The highest BCUT2D eigenvalue weighted by atomic mass is 32.2. The van der Waals surface area contributed by atoms with Gasteiger partial charge >= 0.3 is 0 Å². The highest BCUT2D eigenvalue weighted by Gasteiger charge is 2.28. The quantitative estimate of drug-likeness (QED) is 0.793. The molecule has 1 aliphatic carbocycles. The number of H-pyrrole nitrogens is 1. The Morgan fingerprint density at radius 2 is 2.00 bits per heavy atom. The molecule has 0 aromatic carbocycles. The van der Waals surface area contributed by atoms with Gasteiger partial charge in [-0.2, -0.15) is 5.10 Å². The van der Waals surface area contributed by atoms with Gasteiger partial charge in [0.1, 0.15) is 4.90 Å². The first-order chi connectivity index (χ1) is 7.00. The van der Waals surface area contributed by atoms with Crippen LogP contribution < -0.4 is 5.73 Å². The molecule has 1 saturated carbocycles. The largest absolute Gasteiger partial charge is 0.381 e. The molecule has 0 unspecified atom stereocenters. The number of nitrogens with one attached hydrogen (secondary N) is 1. The van der Waals surface area contributed by atoms with Crippen LogP contribution in [0.15, 0.2) is 4.90 Å². The van der Waals surface area contributed by atoms with E-state index >= 15 is 0 Å². The number of hydrogen-bond donors (Lipinski definition) is 2. The van der Waals surface area contributed by atoms with Crippen LogP contribution in [0.25, 0.3) is 0 Å². The molecule has 0 bridgehead atoms. The van der Waals surface area contributed by atoms with Gasteiger partial charge in [0.15, 0.2) is 15.7 Å². The summed E-state index contributed by atoms with van der Waals surface area (Å²) in [7, 11) is -3.28. The molecule has 15 heavy (non-hydrogen) atoms. The Kier molecular flexibility index (Phi) is 2.46. The van der Waals surface area contributed by atoms with E-state index in [4.69, 9.17) is 5.73 Å². The van der Waals surface area contributed by atoms with Crippen molar-refractivity contribution in [3.05, 3.63) is 5.69 Å². The highest BCUT2D eigenvalue weighted by Crippen LogP contribution is 2.37. The van der Waals surface area contributed by atoms with Crippen LogP contribution in [-0.2, 0) is 9.84 Å². The van der Waals surface area contributed by atoms with Crippen molar-refractivity contribution in [3.8, 4) is 0 Å². The fourth-order valence-electron chi connectivity index (χ4n) is 2.24. The minimum Gasteiger partial charge on any atom is -0.381 e. The number of nitrogen functional groups attached to an aromatic ring is 1. The van der Waals surface area contributed by atoms with Gasteiger partial charge in [-0.05, 0) is 12.8 Å². The van der Waals surface area contributed by atoms with Gasteiger partial charge in [0, 0.05) is 12.2 Å². The van der Waals surface area contributed by atoms with Crippen LogP contribution in [0.2, 0.25) is 0 Å². The lowest BCUT2D eigenvalue weighted by atomic mass is 10.0. The zero-order chi connectivity index (χ0) is 11.1. The average molecular weight is 229 g/mol. The Labute approximate surface area is 89.0 Å². The van der Waals surface area contributed by atoms with E-state index in [0.29, 0.717) is 5.69 Å². The van der Waals surface area contributed by atoms with E-state index in [1.807, 2.05) is 0 Å². The molecule has 2 rings (SSSR count). The summed E-state index contributed by atoms with van der Waals surface area (Å²) in [6, 6.07) is 0. The fourth-order valence-corrected chi connectivity index (χ4v) is 3.28. The van der Waals surface area contributed by atoms with Crippen molar-refractivity contribution < 1.29 is 8.42 Å². The van der Waals surface area contributed by atoms with Gasteiger partial charge < -0.3 is 5.73 Å². The summed E-state index contributed by atoms with van der Waals surface area (Å²) in [4.78, 5) is 0.203. The number of nitrogens with two attached hydrogens (primary N) is 1. The number of aromatic nitrogens is 2. The van der Waals surface area contributed by atoms with Crippen molar-refractivity contribution >= 4 is 15.7 Å². The van der Waals surface area contributed by atoms with Crippen molar-refractivity contribution in [2.45, 2.75) is 36.5 Å². The predicted octanol–water partition coefficient (Wildman–Crippen LogP) is 1.05. The molecule has 1 aromatic heterocycles. The maximum Gasteiger partial charge on any atom is 0.181 e. The summed E-state index contributed by atoms with van der Waals surface area (Å²) in [5, 5.41) is 6.57. The Morgan fingerprint density at radius 1 is 1.40 bits per heavy atom. The molecule has 0 aliphatic heterocycles. The average Bonchev–Trinajstić information content (AvgIpc) is 2.68.